The van der Waals surface area contributed by atoms with Gasteiger partial charge in [0.15, 0.2) is 0 Å². The highest BCUT2D eigenvalue weighted by atomic mass is 16.4. The third-order valence-corrected chi connectivity index (χ3v) is 4.29. The van der Waals surface area contributed by atoms with Crippen LogP contribution in [0.3, 0.4) is 0 Å². The van der Waals surface area contributed by atoms with Crippen LogP contribution in [-0.2, 0) is 4.79 Å². The highest BCUT2D eigenvalue weighted by Crippen LogP contribution is 2.24. The van der Waals surface area contributed by atoms with Gasteiger partial charge in [-0.15, -0.1) is 6.58 Å². The largest absolute Gasteiger partial charge is 0.481 e. The van der Waals surface area contributed by atoms with E-state index in [1.165, 1.54) is 70.6 Å². The van der Waals surface area contributed by atoms with Crippen molar-refractivity contribution >= 4 is 5.97 Å². The van der Waals surface area contributed by atoms with Crippen LogP contribution in [0.25, 0.3) is 0 Å². The first-order valence-corrected chi connectivity index (χ1v) is 8.85. The van der Waals surface area contributed by atoms with Gasteiger partial charge in [-0.1, -0.05) is 70.3 Å². The zero-order chi connectivity index (χ0) is 16.0. The Labute approximate surface area is 132 Å². The van der Waals surface area contributed by atoms with Gasteiger partial charge in [-0.3, -0.25) is 4.79 Å². The molecule has 1 N–H and O–H groups in total. The second-order valence-electron chi connectivity index (χ2n) is 6.91. The molecule has 0 aromatic rings. The average molecular weight is 296 g/mol. The van der Waals surface area contributed by atoms with Crippen molar-refractivity contribution in [3.05, 3.63) is 12.7 Å². The fraction of sp³-hybridized carbons (Fsp3) is 0.842. The molecule has 2 nitrogen and oxygen atoms in total. The maximum absolute atomic E-state index is 11.0. The van der Waals surface area contributed by atoms with Crippen LogP contribution in [-0.4, -0.2) is 11.1 Å². The maximum Gasteiger partial charge on any atom is 0.309 e. The number of carbonyl (C=O) groups is 1. The lowest BCUT2D eigenvalue weighted by Gasteiger charge is -2.18. The molecular formula is C19H36O2. The molecule has 0 saturated carbocycles. The van der Waals surface area contributed by atoms with E-state index in [9.17, 15) is 4.79 Å². The first kappa shape index (κ1) is 20.2. The molecule has 0 fully saturated rings. The molecule has 2 heteroatoms. The number of carboxylic acid groups (broad SMARTS) is 1. The lowest BCUT2D eigenvalue weighted by atomic mass is 9.87. The van der Waals surface area contributed by atoms with Gasteiger partial charge < -0.3 is 5.11 Å². The van der Waals surface area contributed by atoms with Crippen LogP contribution in [0.15, 0.2) is 12.7 Å². The third-order valence-electron chi connectivity index (χ3n) is 4.29. The van der Waals surface area contributed by atoms with E-state index in [0.29, 0.717) is 0 Å². The number of hydrogen-bond acceptors (Lipinski definition) is 1. The highest BCUT2D eigenvalue weighted by Gasteiger charge is 2.25. The zero-order valence-electron chi connectivity index (χ0n) is 14.3. The first-order valence-electron chi connectivity index (χ1n) is 8.85. The van der Waals surface area contributed by atoms with Crippen molar-refractivity contribution in [1.29, 1.82) is 0 Å². The normalized spacial score (nSPS) is 11.5. The molecule has 0 amide bonds. The van der Waals surface area contributed by atoms with Gasteiger partial charge in [0.25, 0.3) is 0 Å². The highest BCUT2D eigenvalue weighted by molar-refractivity contribution is 5.73. The van der Waals surface area contributed by atoms with Crippen LogP contribution in [0.2, 0.25) is 0 Å². The Hall–Kier alpha value is -0.790. The Bertz CT molecular complexity index is 269. The topological polar surface area (TPSA) is 37.3 Å². The van der Waals surface area contributed by atoms with Gasteiger partial charge in [-0.2, -0.15) is 0 Å². The van der Waals surface area contributed by atoms with Crippen LogP contribution in [0, 0.1) is 5.41 Å². The van der Waals surface area contributed by atoms with Crippen molar-refractivity contribution < 1.29 is 9.90 Å². The molecule has 0 spiro atoms. The predicted octanol–water partition coefficient (Wildman–Crippen LogP) is 6.35. The van der Waals surface area contributed by atoms with Crippen molar-refractivity contribution in [3.8, 4) is 0 Å². The van der Waals surface area contributed by atoms with E-state index in [-0.39, 0.29) is 0 Å². The Morgan fingerprint density at radius 3 is 1.62 bits per heavy atom. The molecule has 21 heavy (non-hydrogen) atoms. The zero-order valence-corrected chi connectivity index (χ0v) is 14.3. The van der Waals surface area contributed by atoms with Gasteiger partial charge in [-0.25, -0.2) is 0 Å². The summed E-state index contributed by atoms with van der Waals surface area (Å²) in [5.41, 5.74) is -0.550. The van der Waals surface area contributed by atoms with E-state index in [1.54, 1.807) is 0 Å². The number of carboxylic acids is 1. The van der Waals surface area contributed by atoms with Crippen molar-refractivity contribution in [1.82, 2.24) is 0 Å². The van der Waals surface area contributed by atoms with Gasteiger partial charge in [0.1, 0.15) is 0 Å². The summed E-state index contributed by atoms with van der Waals surface area (Å²) >= 11 is 0. The monoisotopic (exact) mass is 296 g/mol. The number of rotatable bonds is 15. The van der Waals surface area contributed by atoms with Crippen molar-refractivity contribution in [2.45, 2.75) is 97.3 Å². The predicted molar refractivity (Wildman–Crippen MR) is 91.6 cm³/mol. The summed E-state index contributed by atoms with van der Waals surface area (Å²) in [4.78, 5) is 11.0. The van der Waals surface area contributed by atoms with E-state index < -0.39 is 11.4 Å². The smallest absolute Gasteiger partial charge is 0.309 e. The fourth-order valence-electron chi connectivity index (χ4n) is 2.55. The standard InChI is InChI=1S/C19H36O2/c1-4-5-6-7-8-9-10-11-12-13-14-15-16-17-19(2,3)18(20)21/h4H,1,5-17H2,2-3H3,(H,20,21). The summed E-state index contributed by atoms with van der Waals surface area (Å²) in [7, 11) is 0. The van der Waals surface area contributed by atoms with E-state index in [1.807, 2.05) is 19.9 Å². The first-order chi connectivity index (χ1) is 10.0. The molecule has 0 aromatic carbocycles. The molecule has 124 valence electrons. The molecule has 0 aliphatic heterocycles. The molecule has 0 bridgehead atoms. The lowest BCUT2D eigenvalue weighted by molar-refractivity contribution is -0.147. The van der Waals surface area contributed by atoms with Crippen LogP contribution < -0.4 is 0 Å². The average Bonchev–Trinajstić information content (AvgIpc) is 2.43. The minimum Gasteiger partial charge on any atom is -0.481 e. The third kappa shape index (κ3) is 12.6. The molecule has 0 saturated heterocycles. The maximum atomic E-state index is 11.0. The van der Waals surface area contributed by atoms with Gasteiger partial charge in [-0.05, 0) is 33.1 Å². The Kier molecular flexibility index (Phi) is 12.4. The Morgan fingerprint density at radius 2 is 1.24 bits per heavy atom. The van der Waals surface area contributed by atoms with E-state index in [0.717, 1.165) is 12.8 Å². The molecule has 0 aromatic heterocycles. The van der Waals surface area contributed by atoms with Crippen molar-refractivity contribution in [2.24, 2.45) is 5.41 Å². The summed E-state index contributed by atoms with van der Waals surface area (Å²) in [6, 6.07) is 0. The molecule has 0 aliphatic rings. The minimum absolute atomic E-state index is 0.550. The summed E-state index contributed by atoms with van der Waals surface area (Å²) in [6.07, 6.45) is 18.3. The lowest BCUT2D eigenvalue weighted by Crippen LogP contribution is -2.23. The molecule has 0 radical (unpaired) electrons. The molecular weight excluding hydrogens is 260 g/mol. The van der Waals surface area contributed by atoms with E-state index in [4.69, 9.17) is 5.11 Å². The second kappa shape index (κ2) is 12.9. The van der Waals surface area contributed by atoms with Gasteiger partial charge in [0, 0.05) is 0 Å². The van der Waals surface area contributed by atoms with Crippen molar-refractivity contribution in [3.63, 3.8) is 0 Å². The Morgan fingerprint density at radius 1 is 0.857 bits per heavy atom. The summed E-state index contributed by atoms with van der Waals surface area (Å²) in [5, 5.41) is 9.03. The van der Waals surface area contributed by atoms with Crippen LogP contribution in [0.5, 0.6) is 0 Å². The van der Waals surface area contributed by atoms with Crippen molar-refractivity contribution in [2.75, 3.05) is 0 Å². The molecule has 0 atom stereocenters. The molecule has 0 unspecified atom stereocenters. The van der Waals surface area contributed by atoms with Crippen LogP contribution in [0.4, 0.5) is 0 Å². The Balaban J connectivity index is 3.19. The molecule has 0 heterocycles. The number of unbranched alkanes of at least 4 members (excludes halogenated alkanes) is 11. The molecule has 0 aliphatic carbocycles. The summed E-state index contributed by atoms with van der Waals surface area (Å²) < 4.78 is 0. The van der Waals surface area contributed by atoms with Gasteiger partial charge in [0.05, 0.1) is 5.41 Å². The summed E-state index contributed by atoms with van der Waals surface area (Å²) in [5.74, 6) is -0.671. The quantitative estimate of drug-likeness (QED) is 0.282. The van der Waals surface area contributed by atoms with E-state index in [2.05, 4.69) is 6.58 Å². The summed E-state index contributed by atoms with van der Waals surface area (Å²) in [6.45, 7) is 7.39. The van der Waals surface area contributed by atoms with Gasteiger partial charge in [0.2, 0.25) is 0 Å². The fourth-order valence-corrected chi connectivity index (χ4v) is 2.55. The molecule has 0 rings (SSSR count). The number of allylic oxidation sites excluding steroid dienone is 1. The SMILES string of the molecule is C=CCCCCCCCCCCCCCC(C)(C)C(=O)O. The van der Waals surface area contributed by atoms with Gasteiger partial charge >= 0.3 is 5.97 Å². The number of aliphatic carboxylic acids is 1. The van der Waals surface area contributed by atoms with E-state index >= 15 is 0 Å². The number of hydrogen-bond donors (Lipinski definition) is 1. The van der Waals surface area contributed by atoms with Crippen LogP contribution >= 0.6 is 0 Å². The van der Waals surface area contributed by atoms with Crippen LogP contribution in [0.1, 0.15) is 97.3 Å². The second-order valence-corrected chi connectivity index (χ2v) is 6.91. The minimum atomic E-state index is -0.671.